The molecule has 0 radical (unpaired) electrons. The van der Waals surface area contributed by atoms with Crippen LogP contribution in [0.25, 0.3) is 0 Å². The van der Waals surface area contributed by atoms with Gasteiger partial charge in [-0.3, -0.25) is 0 Å². The molecule has 1 unspecified atom stereocenters. The van der Waals surface area contributed by atoms with Crippen molar-refractivity contribution in [2.45, 2.75) is 0 Å². The third kappa shape index (κ3) is 5.46. The lowest BCUT2D eigenvalue weighted by molar-refractivity contribution is 0.264. The van der Waals surface area contributed by atoms with E-state index in [1.807, 2.05) is 0 Å². The van der Waals surface area contributed by atoms with E-state index in [2.05, 4.69) is 21.5 Å². The maximum absolute atomic E-state index is 10.5. The summed E-state index contributed by atoms with van der Waals surface area (Å²) in [4.78, 5) is 0. The fourth-order valence-corrected chi connectivity index (χ4v) is 0.722. The number of hydrogen-bond donors (Lipinski definition) is 0. The highest BCUT2D eigenvalue weighted by Gasteiger charge is 2.17. The summed E-state index contributed by atoms with van der Waals surface area (Å²) in [6, 6.07) is 0. The van der Waals surface area contributed by atoms with E-state index >= 15 is 0 Å². The Kier molecular flexibility index (Phi) is 6.00. The zero-order chi connectivity index (χ0) is 7.82. The molecule has 54 valence electrons. The van der Waals surface area contributed by atoms with Crippen LogP contribution in [-0.4, -0.2) is 13.2 Å². The van der Waals surface area contributed by atoms with Gasteiger partial charge in [-0.05, 0) is 0 Å². The lowest BCUT2D eigenvalue weighted by Gasteiger charge is -1.80. The molecule has 0 bridgehead atoms. The Labute approximate surface area is 61.0 Å². The van der Waals surface area contributed by atoms with Crippen molar-refractivity contribution in [2.24, 2.45) is 0 Å². The fourth-order valence-electron chi connectivity index (χ4n) is 0.241. The first-order chi connectivity index (χ1) is 4.81. The van der Waals surface area contributed by atoms with Gasteiger partial charge in [0.25, 0.3) is 0 Å². The summed E-state index contributed by atoms with van der Waals surface area (Å²) in [7, 11) is -2.06. The Morgan fingerprint density at radius 3 is 2.90 bits per heavy atom. The molecule has 0 aliphatic rings. The highest BCUT2D eigenvalue weighted by atomic mass is 31.1. The van der Waals surface area contributed by atoms with Crippen LogP contribution in [0.3, 0.4) is 0 Å². The summed E-state index contributed by atoms with van der Waals surface area (Å²) in [6.45, 7) is 3.58. The largest absolute Gasteiger partial charge is 0.698 e. The van der Waals surface area contributed by atoms with E-state index in [-0.39, 0.29) is 13.2 Å². The summed E-state index contributed by atoms with van der Waals surface area (Å²) in [5.74, 6) is 2.16. The molecule has 0 aromatic rings. The molecule has 10 heavy (non-hydrogen) atoms. The summed E-state index contributed by atoms with van der Waals surface area (Å²) < 4.78 is 19.6. The SMILES string of the molecule is C#CCO[P+](=O)OCC=C. The van der Waals surface area contributed by atoms with Gasteiger partial charge < -0.3 is 0 Å². The Bertz CT molecular complexity index is 159. The maximum atomic E-state index is 10.5. The minimum absolute atomic E-state index is 0.00630. The molecule has 0 N–H and O–H groups in total. The lowest BCUT2D eigenvalue weighted by atomic mass is 10.7. The molecule has 0 saturated carbocycles. The minimum atomic E-state index is -2.06. The second-order valence-corrected chi connectivity index (χ2v) is 2.25. The van der Waals surface area contributed by atoms with Gasteiger partial charge in [0.2, 0.25) is 0 Å². The van der Waals surface area contributed by atoms with E-state index in [0.29, 0.717) is 0 Å². The third-order valence-electron chi connectivity index (χ3n) is 0.551. The molecule has 0 aromatic carbocycles. The third-order valence-corrected chi connectivity index (χ3v) is 1.25. The molecular weight excluding hydrogens is 151 g/mol. The van der Waals surface area contributed by atoms with Crippen LogP contribution >= 0.6 is 8.25 Å². The molecule has 0 saturated heterocycles. The molecule has 3 nitrogen and oxygen atoms in total. The number of rotatable bonds is 5. The molecule has 0 aliphatic carbocycles. The van der Waals surface area contributed by atoms with Crippen molar-refractivity contribution < 1.29 is 13.6 Å². The van der Waals surface area contributed by atoms with Gasteiger partial charge >= 0.3 is 8.25 Å². The summed E-state index contributed by atoms with van der Waals surface area (Å²) in [5, 5.41) is 0. The summed E-state index contributed by atoms with van der Waals surface area (Å²) in [6.07, 6.45) is 6.30. The van der Waals surface area contributed by atoms with Crippen molar-refractivity contribution in [3.05, 3.63) is 12.7 Å². The van der Waals surface area contributed by atoms with Crippen molar-refractivity contribution >= 4 is 8.25 Å². The van der Waals surface area contributed by atoms with Crippen molar-refractivity contribution in [2.75, 3.05) is 13.2 Å². The van der Waals surface area contributed by atoms with E-state index in [4.69, 9.17) is 6.42 Å². The topological polar surface area (TPSA) is 35.5 Å². The zero-order valence-electron chi connectivity index (χ0n) is 5.45. The van der Waals surface area contributed by atoms with Crippen molar-refractivity contribution in [3.63, 3.8) is 0 Å². The number of terminal acetylenes is 1. The Morgan fingerprint density at radius 2 is 2.40 bits per heavy atom. The van der Waals surface area contributed by atoms with Crippen molar-refractivity contribution in [3.8, 4) is 12.3 Å². The van der Waals surface area contributed by atoms with E-state index < -0.39 is 8.25 Å². The Morgan fingerprint density at radius 1 is 1.70 bits per heavy atom. The van der Waals surface area contributed by atoms with E-state index in [9.17, 15) is 4.57 Å². The van der Waals surface area contributed by atoms with E-state index in [1.165, 1.54) is 6.08 Å². The van der Waals surface area contributed by atoms with Crippen LogP contribution in [0.15, 0.2) is 12.7 Å². The zero-order valence-corrected chi connectivity index (χ0v) is 6.34. The molecule has 1 atom stereocenters. The van der Waals surface area contributed by atoms with E-state index in [1.54, 1.807) is 0 Å². The summed E-state index contributed by atoms with van der Waals surface area (Å²) in [5.41, 5.74) is 0. The Balaban J connectivity index is 3.27. The van der Waals surface area contributed by atoms with Crippen LogP contribution in [0.5, 0.6) is 0 Å². The van der Waals surface area contributed by atoms with Crippen LogP contribution in [0.4, 0.5) is 0 Å². The van der Waals surface area contributed by atoms with E-state index in [0.717, 1.165) is 0 Å². The highest BCUT2D eigenvalue weighted by molar-refractivity contribution is 7.33. The smallest absolute Gasteiger partial charge is 0.117 e. The molecule has 0 rings (SSSR count). The lowest BCUT2D eigenvalue weighted by Crippen LogP contribution is -1.84. The van der Waals surface area contributed by atoms with Gasteiger partial charge in [0.15, 0.2) is 6.61 Å². The molecule has 0 aliphatic heterocycles. The standard InChI is InChI=1S/C6H8O3P/c1-3-5-8-10(7)9-6-4-2/h1,4H,2,5-6H2/q+1. The van der Waals surface area contributed by atoms with Gasteiger partial charge in [-0.15, -0.1) is 22.0 Å². The van der Waals surface area contributed by atoms with Crippen molar-refractivity contribution in [1.82, 2.24) is 0 Å². The van der Waals surface area contributed by atoms with Gasteiger partial charge in [-0.1, -0.05) is 12.0 Å². The highest BCUT2D eigenvalue weighted by Crippen LogP contribution is 2.22. The van der Waals surface area contributed by atoms with Gasteiger partial charge in [-0.25, -0.2) is 0 Å². The Hall–Kier alpha value is -0.680. The summed E-state index contributed by atoms with van der Waals surface area (Å²) >= 11 is 0. The molecule has 0 amide bonds. The molecule has 0 fully saturated rings. The van der Waals surface area contributed by atoms with Gasteiger partial charge in [0.05, 0.1) is 0 Å². The predicted molar refractivity (Wildman–Crippen MR) is 38.5 cm³/mol. The number of hydrogen-bond acceptors (Lipinski definition) is 3. The first-order valence-corrected chi connectivity index (χ1v) is 3.68. The van der Waals surface area contributed by atoms with Crippen LogP contribution in [0.2, 0.25) is 0 Å². The normalized spacial score (nSPS) is 10.1. The quantitative estimate of drug-likeness (QED) is 0.346. The molecule has 4 heteroatoms. The molecule has 0 spiro atoms. The molecule has 0 heterocycles. The first-order valence-electron chi connectivity index (χ1n) is 2.58. The van der Waals surface area contributed by atoms with Gasteiger partial charge in [0.1, 0.15) is 6.61 Å². The van der Waals surface area contributed by atoms with Crippen molar-refractivity contribution in [1.29, 1.82) is 0 Å². The monoisotopic (exact) mass is 159 g/mol. The van der Waals surface area contributed by atoms with Crippen LogP contribution in [0.1, 0.15) is 0 Å². The molecule has 0 aromatic heterocycles. The fraction of sp³-hybridized carbons (Fsp3) is 0.333. The average molecular weight is 159 g/mol. The van der Waals surface area contributed by atoms with Gasteiger partial charge in [0, 0.05) is 4.57 Å². The maximum Gasteiger partial charge on any atom is 0.698 e. The minimum Gasteiger partial charge on any atom is -0.117 e. The van der Waals surface area contributed by atoms with Gasteiger partial charge in [-0.2, -0.15) is 0 Å². The first kappa shape index (κ1) is 9.32. The second kappa shape index (κ2) is 6.44. The molecular formula is C6H8O3P+. The second-order valence-electron chi connectivity index (χ2n) is 1.29. The van der Waals surface area contributed by atoms with Crippen LogP contribution in [0, 0.1) is 12.3 Å². The predicted octanol–water partition coefficient (Wildman–Crippen LogP) is 1.50. The average Bonchev–Trinajstić information content (AvgIpc) is 1.97. The van der Waals surface area contributed by atoms with Crippen LogP contribution < -0.4 is 0 Å². The van der Waals surface area contributed by atoms with Crippen LogP contribution in [-0.2, 0) is 13.6 Å².